The number of nitrogen functional groups attached to an aromatic ring is 1. The molecule has 5 heteroatoms. The third-order valence-electron chi connectivity index (χ3n) is 4.27. The van der Waals surface area contributed by atoms with Gasteiger partial charge >= 0.3 is 0 Å². The highest BCUT2D eigenvalue weighted by Crippen LogP contribution is 2.29. The Morgan fingerprint density at radius 1 is 1.25 bits per heavy atom. The van der Waals surface area contributed by atoms with Crippen LogP contribution < -0.4 is 5.73 Å². The minimum Gasteiger partial charge on any atom is -0.383 e. The number of rotatable bonds is 2. The summed E-state index contributed by atoms with van der Waals surface area (Å²) in [6.07, 6.45) is 3.83. The second kappa shape index (κ2) is 5.05. The second-order valence-corrected chi connectivity index (χ2v) is 5.66. The van der Waals surface area contributed by atoms with Crippen molar-refractivity contribution in [3.63, 3.8) is 0 Å². The molecule has 0 aliphatic carbocycles. The number of ether oxygens (including phenoxy) is 1. The van der Waals surface area contributed by atoms with E-state index in [0.717, 1.165) is 36.4 Å². The van der Waals surface area contributed by atoms with E-state index in [4.69, 9.17) is 10.5 Å². The minimum atomic E-state index is 0.286. The van der Waals surface area contributed by atoms with E-state index in [1.54, 1.807) is 0 Å². The monoisotopic (exact) mass is 274 g/mol. The molecule has 5 nitrogen and oxygen atoms in total. The fourth-order valence-electron chi connectivity index (χ4n) is 3.05. The summed E-state index contributed by atoms with van der Waals surface area (Å²) >= 11 is 0. The fraction of sp³-hybridized carbons (Fsp3) is 0.600. The first-order valence-corrected chi connectivity index (χ1v) is 7.29. The van der Waals surface area contributed by atoms with Crippen LogP contribution in [-0.2, 0) is 11.3 Å². The molecule has 0 bridgehead atoms. The number of nitrogens with two attached hydrogens (primary N) is 1. The van der Waals surface area contributed by atoms with Crippen LogP contribution in [0.1, 0.15) is 36.3 Å². The van der Waals surface area contributed by atoms with Crippen LogP contribution in [-0.4, -0.2) is 27.2 Å². The van der Waals surface area contributed by atoms with Crippen molar-refractivity contribution in [3.8, 4) is 0 Å². The van der Waals surface area contributed by atoms with Crippen molar-refractivity contribution in [2.45, 2.75) is 52.7 Å². The van der Waals surface area contributed by atoms with Gasteiger partial charge in [-0.2, -0.15) is 0 Å². The summed E-state index contributed by atoms with van der Waals surface area (Å²) in [6.45, 7) is 7.82. The van der Waals surface area contributed by atoms with E-state index in [0.29, 0.717) is 5.82 Å². The molecule has 20 heavy (non-hydrogen) atoms. The molecule has 1 fully saturated rings. The van der Waals surface area contributed by atoms with Gasteiger partial charge in [-0.15, -0.1) is 0 Å². The maximum Gasteiger partial charge on any atom is 0.146 e. The fourth-order valence-corrected chi connectivity index (χ4v) is 3.05. The molecule has 0 saturated carbocycles. The average molecular weight is 274 g/mol. The summed E-state index contributed by atoms with van der Waals surface area (Å²) in [5.41, 5.74) is 9.40. The number of nitrogens with zero attached hydrogens (tertiary/aromatic N) is 3. The topological polar surface area (TPSA) is 66.0 Å². The van der Waals surface area contributed by atoms with E-state index in [1.165, 1.54) is 24.1 Å². The van der Waals surface area contributed by atoms with Gasteiger partial charge in [0.25, 0.3) is 0 Å². The summed E-state index contributed by atoms with van der Waals surface area (Å²) in [6, 6.07) is 0. The molecule has 1 aliphatic rings. The number of aromatic nitrogens is 3. The van der Waals surface area contributed by atoms with E-state index in [-0.39, 0.29) is 6.10 Å². The van der Waals surface area contributed by atoms with Crippen LogP contribution in [0.15, 0.2) is 0 Å². The lowest BCUT2D eigenvalue weighted by molar-refractivity contribution is 0.00632. The van der Waals surface area contributed by atoms with Crippen molar-refractivity contribution in [3.05, 3.63) is 17.1 Å². The summed E-state index contributed by atoms with van der Waals surface area (Å²) in [5, 5.41) is 0.990. The Labute approximate surface area is 119 Å². The molecule has 2 aromatic heterocycles. The third-order valence-corrected chi connectivity index (χ3v) is 4.27. The number of anilines is 1. The molecule has 3 rings (SSSR count). The molecular weight excluding hydrogens is 252 g/mol. The Hall–Kier alpha value is -1.62. The van der Waals surface area contributed by atoms with Crippen molar-refractivity contribution < 1.29 is 4.74 Å². The van der Waals surface area contributed by atoms with Gasteiger partial charge < -0.3 is 15.0 Å². The van der Waals surface area contributed by atoms with E-state index in [2.05, 4.69) is 28.4 Å². The number of aryl methyl sites for hydroxylation is 2. The zero-order chi connectivity index (χ0) is 14.3. The molecule has 1 aliphatic heterocycles. The number of hydrogen-bond acceptors (Lipinski definition) is 4. The van der Waals surface area contributed by atoms with Crippen LogP contribution in [0.25, 0.3) is 11.0 Å². The highest BCUT2D eigenvalue weighted by Gasteiger charge is 2.20. The van der Waals surface area contributed by atoms with Gasteiger partial charge in [0.15, 0.2) is 0 Å². The quantitative estimate of drug-likeness (QED) is 0.913. The first-order valence-electron chi connectivity index (χ1n) is 7.29. The molecule has 0 aromatic carbocycles. The molecule has 1 atom stereocenters. The normalized spacial score (nSPS) is 19.6. The molecule has 3 heterocycles. The maximum absolute atomic E-state index is 6.08. The van der Waals surface area contributed by atoms with E-state index in [1.807, 2.05) is 6.92 Å². The van der Waals surface area contributed by atoms with Gasteiger partial charge in [-0.1, -0.05) is 0 Å². The second-order valence-electron chi connectivity index (χ2n) is 5.66. The van der Waals surface area contributed by atoms with Crippen molar-refractivity contribution >= 4 is 16.9 Å². The minimum absolute atomic E-state index is 0.286. The summed E-state index contributed by atoms with van der Waals surface area (Å²) in [4.78, 5) is 8.89. The van der Waals surface area contributed by atoms with Crippen molar-refractivity contribution in [2.75, 3.05) is 12.3 Å². The molecule has 0 amide bonds. The van der Waals surface area contributed by atoms with Crippen LogP contribution in [0.5, 0.6) is 0 Å². The molecule has 2 N–H and O–H groups in total. The standard InChI is InChI=1S/C15H22N4O/c1-9-10(2)19(8-12-6-4-5-7-20-12)15-13(9)14(16)17-11(3)18-15/h12H,4-8H2,1-3H3,(H2,16,17,18). The Kier molecular flexibility index (Phi) is 3.38. The lowest BCUT2D eigenvalue weighted by Crippen LogP contribution is -2.25. The third kappa shape index (κ3) is 2.16. The average Bonchev–Trinajstić information content (AvgIpc) is 2.65. The lowest BCUT2D eigenvalue weighted by atomic mass is 10.1. The van der Waals surface area contributed by atoms with Gasteiger partial charge in [-0.3, -0.25) is 0 Å². The summed E-state index contributed by atoms with van der Waals surface area (Å²) in [7, 11) is 0. The maximum atomic E-state index is 6.08. The zero-order valence-corrected chi connectivity index (χ0v) is 12.4. The van der Waals surface area contributed by atoms with Crippen molar-refractivity contribution in [1.29, 1.82) is 0 Å². The van der Waals surface area contributed by atoms with Crippen LogP contribution in [0, 0.1) is 20.8 Å². The van der Waals surface area contributed by atoms with Crippen molar-refractivity contribution in [1.82, 2.24) is 14.5 Å². The highest BCUT2D eigenvalue weighted by molar-refractivity contribution is 5.91. The largest absolute Gasteiger partial charge is 0.383 e. The van der Waals surface area contributed by atoms with Crippen LogP contribution >= 0.6 is 0 Å². The Morgan fingerprint density at radius 2 is 2.05 bits per heavy atom. The predicted octanol–water partition coefficient (Wildman–Crippen LogP) is 2.51. The molecule has 0 radical (unpaired) electrons. The van der Waals surface area contributed by atoms with Gasteiger partial charge in [0, 0.05) is 12.3 Å². The molecule has 0 spiro atoms. The summed E-state index contributed by atoms with van der Waals surface area (Å²) < 4.78 is 8.10. The number of hydrogen-bond donors (Lipinski definition) is 1. The first kappa shape index (κ1) is 13.4. The molecule has 2 aromatic rings. The van der Waals surface area contributed by atoms with Gasteiger partial charge in [-0.25, -0.2) is 9.97 Å². The van der Waals surface area contributed by atoms with Crippen LogP contribution in [0.2, 0.25) is 0 Å². The van der Waals surface area contributed by atoms with Crippen LogP contribution in [0.3, 0.4) is 0 Å². The molecule has 1 unspecified atom stereocenters. The zero-order valence-electron chi connectivity index (χ0n) is 12.4. The van der Waals surface area contributed by atoms with E-state index < -0.39 is 0 Å². The SMILES string of the molecule is Cc1nc(N)c2c(C)c(C)n(CC3CCCCO3)c2n1. The van der Waals surface area contributed by atoms with Crippen molar-refractivity contribution in [2.24, 2.45) is 0 Å². The van der Waals surface area contributed by atoms with E-state index >= 15 is 0 Å². The highest BCUT2D eigenvalue weighted by atomic mass is 16.5. The predicted molar refractivity (Wildman–Crippen MR) is 79.7 cm³/mol. The number of fused-ring (bicyclic) bond motifs is 1. The molecule has 108 valence electrons. The van der Waals surface area contributed by atoms with Gasteiger partial charge in [0.1, 0.15) is 17.3 Å². The van der Waals surface area contributed by atoms with E-state index in [9.17, 15) is 0 Å². The lowest BCUT2D eigenvalue weighted by Gasteiger charge is -2.24. The smallest absolute Gasteiger partial charge is 0.146 e. The van der Waals surface area contributed by atoms with Gasteiger partial charge in [0.05, 0.1) is 18.0 Å². The first-order chi connectivity index (χ1) is 9.58. The summed E-state index contributed by atoms with van der Waals surface area (Å²) in [5.74, 6) is 1.30. The Bertz CT molecular complexity index is 641. The molecule has 1 saturated heterocycles. The van der Waals surface area contributed by atoms with Gasteiger partial charge in [-0.05, 0) is 45.6 Å². The Balaban J connectivity index is 2.07. The Morgan fingerprint density at radius 3 is 2.75 bits per heavy atom. The van der Waals surface area contributed by atoms with Gasteiger partial charge in [0.2, 0.25) is 0 Å². The molecular formula is C15H22N4O. The van der Waals surface area contributed by atoms with Crippen LogP contribution in [0.4, 0.5) is 5.82 Å².